The van der Waals surface area contributed by atoms with E-state index in [1.165, 1.54) is 25.7 Å². The third kappa shape index (κ3) is 3.99. The molecule has 128 valence electrons. The van der Waals surface area contributed by atoms with Gasteiger partial charge in [-0.15, -0.1) is 0 Å². The van der Waals surface area contributed by atoms with Gasteiger partial charge in [0.05, 0.1) is 0 Å². The fraction of sp³-hybridized carbons (Fsp3) is 1.00. The quantitative estimate of drug-likeness (QED) is 0.692. The zero-order chi connectivity index (χ0) is 16.4. The summed E-state index contributed by atoms with van der Waals surface area (Å²) in [6.45, 7) is 17.9. The summed E-state index contributed by atoms with van der Waals surface area (Å²) in [5, 5.41) is 0. The molecule has 0 heterocycles. The second kappa shape index (κ2) is 7.73. The maximum absolute atomic E-state index is 12.1. The first-order valence-electron chi connectivity index (χ1n) is 8.93. The summed E-state index contributed by atoms with van der Waals surface area (Å²) in [6, 6.07) is 1.56. The topological polar surface area (TPSA) is 26.7 Å². The molecule has 3 nitrogen and oxygen atoms in total. The third-order valence-electron chi connectivity index (χ3n) is 4.89. The van der Waals surface area contributed by atoms with Gasteiger partial charge in [-0.3, -0.25) is 0 Å². The van der Waals surface area contributed by atoms with E-state index in [0.717, 1.165) is 0 Å². The molecule has 0 aromatic rings. The molecular formula is C17H39N2OP. The van der Waals surface area contributed by atoms with Crippen LogP contribution in [-0.2, 0) is 0 Å². The van der Waals surface area contributed by atoms with Crippen LogP contribution >= 0.6 is 7.79 Å². The monoisotopic (exact) mass is 318 g/mol. The van der Waals surface area contributed by atoms with Crippen LogP contribution in [0.15, 0.2) is 0 Å². The molecule has 0 saturated heterocycles. The molecule has 1 fully saturated rings. The molecule has 0 aliphatic heterocycles. The van der Waals surface area contributed by atoms with Crippen LogP contribution in [0.25, 0.3) is 0 Å². The summed E-state index contributed by atoms with van der Waals surface area (Å²) in [5.41, 5.74) is 0.493. The van der Waals surface area contributed by atoms with E-state index in [0.29, 0.717) is 29.8 Å². The predicted octanol–water partition coefficient (Wildman–Crippen LogP) is 4.65. The summed E-state index contributed by atoms with van der Waals surface area (Å²) in [5.74, 6) is 0. The van der Waals surface area contributed by atoms with Crippen LogP contribution in [0.4, 0.5) is 0 Å². The van der Waals surface area contributed by atoms with Crippen molar-refractivity contribution >= 4 is 7.79 Å². The molecule has 0 unspecified atom stereocenters. The van der Waals surface area contributed by atoms with E-state index < -0.39 is 7.79 Å². The van der Waals surface area contributed by atoms with Crippen molar-refractivity contribution in [1.29, 1.82) is 0 Å². The van der Waals surface area contributed by atoms with Crippen LogP contribution in [0.5, 0.6) is 0 Å². The Morgan fingerprint density at radius 1 is 0.714 bits per heavy atom. The second-order valence-electron chi connectivity index (χ2n) is 7.86. The summed E-state index contributed by atoms with van der Waals surface area (Å²) >= 11 is 0. The van der Waals surface area contributed by atoms with E-state index in [1.54, 1.807) is 0 Å². The van der Waals surface area contributed by atoms with Crippen molar-refractivity contribution in [3.63, 3.8) is 0 Å². The number of hydrogen-bond acceptors (Lipinski definition) is 3. The average molecular weight is 318 g/mol. The van der Waals surface area contributed by atoms with Gasteiger partial charge in [-0.2, -0.15) is 0 Å². The van der Waals surface area contributed by atoms with Crippen molar-refractivity contribution in [1.82, 2.24) is 9.34 Å². The van der Waals surface area contributed by atoms with Gasteiger partial charge in [-0.05, 0) is 0 Å². The Morgan fingerprint density at radius 3 is 1.24 bits per heavy atom. The minimum atomic E-state index is -2.66. The summed E-state index contributed by atoms with van der Waals surface area (Å²) < 4.78 is 4.95. The van der Waals surface area contributed by atoms with Crippen molar-refractivity contribution in [2.24, 2.45) is 0 Å². The van der Waals surface area contributed by atoms with Crippen molar-refractivity contribution in [2.75, 3.05) is 0 Å². The fourth-order valence-electron chi connectivity index (χ4n) is 4.58. The van der Waals surface area contributed by atoms with Crippen LogP contribution in [0.2, 0.25) is 0 Å². The molecule has 0 radical (unpaired) electrons. The molecule has 1 rings (SSSR count). The molecule has 0 aromatic carbocycles. The molecule has 4 heteroatoms. The van der Waals surface area contributed by atoms with Crippen LogP contribution < -0.4 is 0 Å². The van der Waals surface area contributed by atoms with Gasteiger partial charge in [0.15, 0.2) is 0 Å². The Kier molecular flexibility index (Phi) is 7.12. The first-order valence-corrected chi connectivity index (χ1v) is 10.8. The van der Waals surface area contributed by atoms with Crippen LogP contribution in [-0.4, -0.2) is 44.1 Å². The molecule has 1 saturated carbocycles. The molecule has 0 aromatic heterocycles. The number of hydrogen-bond donors (Lipinski definition) is 1. The van der Waals surface area contributed by atoms with E-state index in [4.69, 9.17) is 0 Å². The van der Waals surface area contributed by atoms with E-state index in [9.17, 15) is 4.89 Å². The molecule has 1 aliphatic carbocycles. The summed E-state index contributed by atoms with van der Waals surface area (Å²) in [6.07, 6.45) is 4.98. The van der Waals surface area contributed by atoms with Gasteiger partial charge in [0, 0.05) is 0 Å². The van der Waals surface area contributed by atoms with Crippen molar-refractivity contribution in [3.05, 3.63) is 0 Å². The van der Waals surface area contributed by atoms with Gasteiger partial charge in [0.2, 0.25) is 0 Å². The van der Waals surface area contributed by atoms with Crippen LogP contribution in [0, 0.1) is 0 Å². The van der Waals surface area contributed by atoms with E-state index >= 15 is 0 Å². The normalized spacial score (nSPS) is 19.2. The van der Waals surface area contributed by atoms with Gasteiger partial charge in [-0.25, -0.2) is 0 Å². The van der Waals surface area contributed by atoms with Gasteiger partial charge in [0.25, 0.3) is 0 Å². The van der Waals surface area contributed by atoms with Gasteiger partial charge < -0.3 is 0 Å². The standard InChI is InChI=1S/C17H39N2OP/c1-13(2)18(14(3)4)21(20,17-11-9-10-12-17)19(15(5)6)16(7)8/h13-17,20-21H,9-12H2,1-8H3. The predicted molar refractivity (Wildman–Crippen MR) is 97.0 cm³/mol. The molecule has 1 N–H and O–H groups in total. The van der Waals surface area contributed by atoms with Gasteiger partial charge in [-0.1, -0.05) is 0 Å². The van der Waals surface area contributed by atoms with Gasteiger partial charge in [0.1, 0.15) is 0 Å². The first kappa shape index (κ1) is 19.4. The van der Waals surface area contributed by atoms with E-state index in [1.807, 2.05) is 0 Å². The van der Waals surface area contributed by atoms with E-state index in [-0.39, 0.29) is 0 Å². The molecule has 0 spiro atoms. The first-order chi connectivity index (χ1) is 9.63. The van der Waals surface area contributed by atoms with E-state index in [2.05, 4.69) is 64.7 Å². The molecule has 0 bridgehead atoms. The van der Waals surface area contributed by atoms with Crippen LogP contribution in [0.3, 0.4) is 0 Å². The number of nitrogens with zero attached hydrogens (tertiary/aromatic N) is 2. The SMILES string of the molecule is CC(C)N(C(C)C)[PH](O)(C1CCCC1)N(C(C)C)C(C)C. The summed E-state index contributed by atoms with van der Waals surface area (Å²) in [4.78, 5) is 12.1. The third-order valence-corrected chi connectivity index (χ3v) is 10.1. The maximum atomic E-state index is 12.1. The van der Waals surface area contributed by atoms with Crippen molar-refractivity contribution in [2.45, 2.75) is 111 Å². The zero-order valence-corrected chi connectivity index (χ0v) is 16.6. The second-order valence-corrected chi connectivity index (χ2v) is 11.1. The molecular weight excluding hydrogens is 279 g/mol. The zero-order valence-electron chi connectivity index (χ0n) is 15.6. The Morgan fingerprint density at radius 2 is 1.00 bits per heavy atom. The Bertz CT molecular complexity index is 276. The van der Waals surface area contributed by atoms with Crippen LogP contribution in [0.1, 0.15) is 81.1 Å². The Hall–Kier alpha value is 0.310. The molecule has 0 amide bonds. The molecule has 0 atom stereocenters. The number of rotatable bonds is 7. The Labute approximate surface area is 133 Å². The Balaban J connectivity index is 3.32. The molecule has 21 heavy (non-hydrogen) atoms. The molecule has 1 aliphatic rings. The average Bonchev–Trinajstić information content (AvgIpc) is 2.79. The minimum absolute atomic E-state index is 0.391. The van der Waals surface area contributed by atoms with Gasteiger partial charge >= 0.3 is 133 Å². The van der Waals surface area contributed by atoms with Crippen molar-refractivity contribution < 1.29 is 4.89 Å². The summed E-state index contributed by atoms with van der Waals surface area (Å²) in [7, 11) is -2.66. The fourth-order valence-corrected chi connectivity index (χ4v) is 9.91. The van der Waals surface area contributed by atoms with Crippen molar-refractivity contribution in [3.8, 4) is 0 Å².